The average molecular weight is 379 g/mol. The molecule has 0 aliphatic heterocycles. The largest absolute Gasteiger partial charge is 0.425 e. The highest BCUT2D eigenvalue weighted by molar-refractivity contribution is 7.19. The van der Waals surface area contributed by atoms with Gasteiger partial charge in [-0.15, -0.1) is 11.3 Å². The Morgan fingerprint density at radius 3 is 2.54 bits per heavy atom. The first-order valence-corrected chi connectivity index (χ1v) is 8.26. The summed E-state index contributed by atoms with van der Waals surface area (Å²) in [5, 5.41) is 3.12. The van der Waals surface area contributed by atoms with E-state index in [4.69, 9.17) is 0 Å². The average Bonchev–Trinajstić information content (AvgIpc) is 3.03. The number of halogens is 3. The summed E-state index contributed by atoms with van der Waals surface area (Å²) in [5.74, 6) is -0.790. The van der Waals surface area contributed by atoms with E-state index in [0.29, 0.717) is 27.0 Å². The van der Waals surface area contributed by atoms with Crippen LogP contribution in [0.25, 0.3) is 10.1 Å². The van der Waals surface area contributed by atoms with Crippen molar-refractivity contribution in [1.82, 2.24) is 15.3 Å². The molecular weight excluding hydrogens is 367 g/mol. The van der Waals surface area contributed by atoms with Crippen molar-refractivity contribution in [3.63, 3.8) is 0 Å². The molecule has 2 aromatic heterocycles. The third-order valence-corrected chi connectivity index (χ3v) is 4.72. The number of benzene rings is 1. The van der Waals surface area contributed by atoms with Crippen LogP contribution in [0.1, 0.15) is 38.3 Å². The van der Waals surface area contributed by atoms with Gasteiger partial charge >= 0.3 is 6.18 Å². The minimum atomic E-state index is -4.38. The van der Waals surface area contributed by atoms with Crippen LogP contribution < -0.4 is 5.32 Å². The van der Waals surface area contributed by atoms with E-state index in [1.807, 2.05) is 0 Å². The molecular formula is C17H12F3N3O2S. The Hall–Kier alpha value is -2.81. The van der Waals surface area contributed by atoms with Gasteiger partial charge in [0, 0.05) is 18.2 Å². The first kappa shape index (κ1) is 18.0. The summed E-state index contributed by atoms with van der Waals surface area (Å²) in [5.41, 5.74) is 0.828. The number of nitrogens with zero attached hydrogens (tertiary/aromatic N) is 2. The van der Waals surface area contributed by atoms with Crippen LogP contribution in [0.5, 0.6) is 0 Å². The molecule has 0 spiro atoms. The lowest BCUT2D eigenvalue weighted by Crippen LogP contribution is -2.24. The second kappa shape index (κ2) is 6.83. The van der Waals surface area contributed by atoms with Gasteiger partial charge in [-0.2, -0.15) is 13.2 Å². The molecule has 0 saturated heterocycles. The zero-order valence-electron chi connectivity index (χ0n) is 13.4. The molecule has 0 fully saturated rings. The molecule has 0 aliphatic rings. The van der Waals surface area contributed by atoms with Crippen molar-refractivity contribution < 1.29 is 22.8 Å². The van der Waals surface area contributed by atoms with Gasteiger partial charge in [-0.25, -0.2) is 9.97 Å². The topological polar surface area (TPSA) is 72.0 Å². The maximum Gasteiger partial charge on any atom is 0.425 e. The molecule has 26 heavy (non-hydrogen) atoms. The van der Waals surface area contributed by atoms with E-state index < -0.39 is 17.0 Å². The second-order valence-corrected chi connectivity index (χ2v) is 6.59. The first-order valence-electron chi connectivity index (χ1n) is 7.45. The Bertz CT molecular complexity index is 998. The SMILES string of the molecule is CC(=O)c1cc(C(=O)NCc2ccc3cc(C(F)(F)F)sc3c2)ncn1. The second-order valence-electron chi connectivity index (χ2n) is 5.51. The quantitative estimate of drug-likeness (QED) is 0.699. The van der Waals surface area contributed by atoms with Gasteiger partial charge in [0.05, 0.1) is 0 Å². The number of amides is 1. The van der Waals surface area contributed by atoms with E-state index >= 15 is 0 Å². The smallest absolute Gasteiger partial charge is 0.347 e. The van der Waals surface area contributed by atoms with Crippen molar-refractivity contribution in [3.8, 4) is 0 Å². The third-order valence-electron chi connectivity index (χ3n) is 3.58. The number of carbonyl (C=O) groups is 2. The lowest BCUT2D eigenvalue weighted by atomic mass is 10.1. The molecule has 1 amide bonds. The molecule has 1 N–H and O–H groups in total. The Morgan fingerprint density at radius 1 is 1.12 bits per heavy atom. The van der Waals surface area contributed by atoms with E-state index in [0.717, 1.165) is 12.4 Å². The van der Waals surface area contributed by atoms with Crippen LogP contribution in [0, 0.1) is 0 Å². The maximum atomic E-state index is 12.8. The van der Waals surface area contributed by atoms with Crippen molar-refractivity contribution in [2.45, 2.75) is 19.6 Å². The Balaban J connectivity index is 1.74. The molecule has 134 valence electrons. The van der Waals surface area contributed by atoms with Crippen molar-refractivity contribution in [3.05, 3.63) is 58.5 Å². The fourth-order valence-electron chi connectivity index (χ4n) is 2.27. The zero-order chi connectivity index (χ0) is 18.9. The van der Waals surface area contributed by atoms with Gasteiger partial charge in [-0.1, -0.05) is 12.1 Å². The number of fused-ring (bicyclic) bond motifs is 1. The van der Waals surface area contributed by atoms with Crippen LogP contribution in [0.15, 0.2) is 36.7 Å². The predicted molar refractivity (Wildman–Crippen MR) is 90.0 cm³/mol. The summed E-state index contributed by atoms with van der Waals surface area (Å²) in [4.78, 5) is 30.3. The molecule has 3 aromatic rings. The summed E-state index contributed by atoms with van der Waals surface area (Å²) in [6.45, 7) is 1.45. The van der Waals surface area contributed by atoms with E-state index in [2.05, 4.69) is 15.3 Å². The van der Waals surface area contributed by atoms with Crippen LogP contribution in [0.2, 0.25) is 0 Å². The van der Waals surface area contributed by atoms with E-state index in [1.165, 1.54) is 13.0 Å². The van der Waals surface area contributed by atoms with Crippen molar-refractivity contribution in [2.75, 3.05) is 0 Å². The van der Waals surface area contributed by atoms with Crippen LogP contribution in [0.3, 0.4) is 0 Å². The monoisotopic (exact) mass is 379 g/mol. The van der Waals surface area contributed by atoms with Crippen molar-refractivity contribution in [2.24, 2.45) is 0 Å². The molecule has 0 aliphatic carbocycles. The molecule has 0 saturated carbocycles. The summed E-state index contributed by atoms with van der Waals surface area (Å²) in [6, 6.07) is 7.23. The molecule has 1 aromatic carbocycles. The Labute approximate surface area is 149 Å². The van der Waals surface area contributed by atoms with Crippen LogP contribution >= 0.6 is 11.3 Å². The molecule has 0 atom stereocenters. The van der Waals surface area contributed by atoms with Crippen molar-refractivity contribution in [1.29, 1.82) is 0 Å². The van der Waals surface area contributed by atoms with Gasteiger partial charge in [-0.05, 0) is 29.1 Å². The number of rotatable bonds is 4. The molecule has 2 heterocycles. The first-order chi connectivity index (χ1) is 12.2. The van der Waals surface area contributed by atoms with E-state index in [1.54, 1.807) is 18.2 Å². The highest BCUT2D eigenvalue weighted by Gasteiger charge is 2.32. The van der Waals surface area contributed by atoms with Gasteiger partial charge in [0.1, 0.15) is 22.6 Å². The standard InChI is InChI=1S/C17H12F3N3O2S/c1-9(24)12-6-13(23-8-22-12)16(25)21-7-10-2-3-11-5-15(17(18,19)20)26-14(11)4-10/h2-6,8H,7H2,1H3,(H,21,25). The van der Waals surface area contributed by atoms with Gasteiger partial charge in [0.25, 0.3) is 5.91 Å². The van der Waals surface area contributed by atoms with E-state index in [-0.39, 0.29) is 23.7 Å². The van der Waals surface area contributed by atoms with Crippen LogP contribution in [-0.2, 0) is 12.7 Å². The normalized spacial score (nSPS) is 11.5. The number of alkyl halides is 3. The number of aromatic nitrogens is 2. The number of Topliss-reactive ketones (excluding diaryl/α,β-unsaturated/α-hetero) is 1. The fraction of sp³-hybridized carbons (Fsp3) is 0.176. The minimum absolute atomic E-state index is 0.0433. The third kappa shape index (κ3) is 3.88. The number of hydrogen-bond donors (Lipinski definition) is 1. The van der Waals surface area contributed by atoms with Gasteiger partial charge in [-0.3, -0.25) is 9.59 Å². The van der Waals surface area contributed by atoms with Crippen molar-refractivity contribution >= 4 is 33.1 Å². The summed E-state index contributed by atoms with van der Waals surface area (Å²) >= 11 is 0.658. The minimum Gasteiger partial charge on any atom is -0.347 e. The van der Waals surface area contributed by atoms with Gasteiger partial charge in [0.15, 0.2) is 5.78 Å². The van der Waals surface area contributed by atoms with Crippen LogP contribution in [-0.4, -0.2) is 21.7 Å². The number of carbonyl (C=O) groups excluding carboxylic acids is 2. The number of thiophene rings is 1. The summed E-state index contributed by atoms with van der Waals surface area (Å²) in [6.07, 6.45) is -3.25. The van der Waals surface area contributed by atoms with E-state index in [9.17, 15) is 22.8 Å². The highest BCUT2D eigenvalue weighted by atomic mass is 32.1. The van der Waals surface area contributed by atoms with Gasteiger partial charge in [0.2, 0.25) is 0 Å². The summed E-state index contributed by atoms with van der Waals surface area (Å²) in [7, 11) is 0. The highest BCUT2D eigenvalue weighted by Crippen LogP contribution is 2.38. The number of hydrogen-bond acceptors (Lipinski definition) is 5. The molecule has 9 heteroatoms. The molecule has 0 radical (unpaired) electrons. The number of ketones is 1. The Kier molecular flexibility index (Phi) is 4.73. The molecule has 5 nitrogen and oxygen atoms in total. The van der Waals surface area contributed by atoms with Crippen LogP contribution in [0.4, 0.5) is 13.2 Å². The lowest BCUT2D eigenvalue weighted by Gasteiger charge is -2.05. The molecule has 0 unspecified atom stereocenters. The maximum absolute atomic E-state index is 12.8. The van der Waals surface area contributed by atoms with Gasteiger partial charge < -0.3 is 5.32 Å². The number of nitrogens with one attached hydrogen (secondary N) is 1. The predicted octanol–water partition coefficient (Wildman–Crippen LogP) is 3.84. The summed E-state index contributed by atoms with van der Waals surface area (Å²) < 4.78 is 38.8. The molecule has 3 rings (SSSR count). The lowest BCUT2D eigenvalue weighted by molar-refractivity contribution is -0.134. The zero-order valence-corrected chi connectivity index (χ0v) is 14.2. The molecule has 0 bridgehead atoms. The fourth-order valence-corrected chi connectivity index (χ4v) is 3.27. The Morgan fingerprint density at radius 2 is 1.85 bits per heavy atom.